The lowest BCUT2D eigenvalue weighted by molar-refractivity contribution is 0.318. The smallest absolute Gasteiger partial charge is 0.140 e. The van der Waals surface area contributed by atoms with Crippen molar-refractivity contribution in [2.45, 2.75) is 13.3 Å². The van der Waals surface area contributed by atoms with Gasteiger partial charge in [-0.3, -0.25) is 0 Å². The van der Waals surface area contributed by atoms with E-state index in [1.807, 2.05) is 49.5 Å². The van der Waals surface area contributed by atoms with Crippen LogP contribution in [0.2, 0.25) is 5.02 Å². The highest BCUT2D eigenvalue weighted by Crippen LogP contribution is 2.27. The highest BCUT2D eigenvalue weighted by atomic mass is 35.5. The topological polar surface area (TPSA) is 27.1 Å². The minimum atomic E-state index is 0.725. The minimum Gasteiger partial charge on any atom is -0.494 e. The van der Waals surface area contributed by atoms with E-state index < -0.39 is 0 Å². The molecule has 4 heteroatoms. The van der Waals surface area contributed by atoms with Gasteiger partial charge in [-0.15, -0.1) is 0 Å². The lowest BCUT2D eigenvalue weighted by Gasteiger charge is -2.04. The van der Waals surface area contributed by atoms with Crippen LogP contribution in [0.4, 0.5) is 0 Å². The van der Waals surface area contributed by atoms with Crippen molar-refractivity contribution in [3.8, 4) is 17.1 Å². The lowest BCUT2D eigenvalue weighted by atomic mass is 10.2. The minimum absolute atomic E-state index is 0.725. The molecule has 0 saturated heterocycles. The zero-order valence-corrected chi connectivity index (χ0v) is 12.9. The second-order valence-electron chi connectivity index (χ2n) is 5.00. The molecule has 1 aromatic heterocycles. The Morgan fingerprint density at radius 1 is 1.14 bits per heavy atom. The molecule has 0 saturated carbocycles. The molecule has 2 aromatic carbocycles. The van der Waals surface area contributed by atoms with Crippen LogP contribution in [0.25, 0.3) is 22.4 Å². The molecule has 0 aliphatic heterocycles. The molecule has 0 spiro atoms. The molecular weight excluding hydrogens is 284 g/mol. The molecule has 3 rings (SSSR count). The van der Waals surface area contributed by atoms with Gasteiger partial charge in [0.1, 0.15) is 11.6 Å². The Labute approximate surface area is 129 Å². The molecule has 0 radical (unpaired) electrons. The molecule has 1 heterocycles. The van der Waals surface area contributed by atoms with Gasteiger partial charge < -0.3 is 9.30 Å². The van der Waals surface area contributed by atoms with Gasteiger partial charge in [-0.2, -0.15) is 0 Å². The van der Waals surface area contributed by atoms with E-state index in [2.05, 4.69) is 11.5 Å². The van der Waals surface area contributed by atoms with Gasteiger partial charge in [-0.05, 0) is 42.8 Å². The molecule has 0 aliphatic rings. The fourth-order valence-corrected chi connectivity index (χ4v) is 2.47. The quantitative estimate of drug-likeness (QED) is 0.699. The average Bonchev–Trinajstić information content (AvgIpc) is 2.83. The van der Waals surface area contributed by atoms with Crippen LogP contribution in [0.1, 0.15) is 13.3 Å². The van der Waals surface area contributed by atoms with E-state index in [1.165, 1.54) is 0 Å². The highest BCUT2D eigenvalue weighted by molar-refractivity contribution is 6.30. The number of nitrogens with zero attached hydrogens (tertiary/aromatic N) is 2. The van der Waals surface area contributed by atoms with Crippen molar-refractivity contribution in [2.24, 2.45) is 7.05 Å². The summed E-state index contributed by atoms with van der Waals surface area (Å²) in [7, 11) is 2.02. The number of ether oxygens (including phenoxy) is 1. The van der Waals surface area contributed by atoms with Gasteiger partial charge in [-0.1, -0.05) is 18.5 Å². The molecule has 3 nitrogen and oxygen atoms in total. The van der Waals surface area contributed by atoms with Gasteiger partial charge in [0.05, 0.1) is 17.6 Å². The second-order valence-corrected chi connectivity index (χ2v) is 5.44. The summed E-state index contributed by atoms with van der Waals surface area (Å²) in [6.45, 7) is 2.82. The molecule has 0 bridgehead atoms. The van der Waals surface area contributed by atoms with Crippen molar-refractivity contribution >= 4 is 22.6 Å². The van der Waals surface area contributed by atoms with Gasteiger partial charge in [0, 0.05) is 23.7 Å². The summed E-state index contributed by atoms with van der Waals surface area (Å²) < 4.78 is 7.75. The summed E-state index contributed by atoms with van der Waals surface area (Å²) >= 11 is 5.94. The van der Waals surface area contributed by atoms with Crippen LogP contribution in [0.15, 0.2) is 42.5 Å². The first-order chi connectivity index (χ1) is 10.2. The molecular formula is C17H17ClN2O. The number of hydrogen-bond acceptors (Lipinski definition) is 2. The Kier molecular flexibility index (Phi) is 3.84. The molecule has 0 N–H and O–H groups in total. The summed E-state index contributed by atoms with van der Waals surface area (Å²) in [5, 5.41) is 0.729. The third kappa shape index (κ3) is 2.74. The number of benzene rings is 2. The Bertz CT molecular complexity index is 762. The fraction of sp³-hybridized carbons (Fsp3) is 0.235. The van der Waals surface area contributed by atoms with E-state index >= 15 is 0 Å². The van der Waals surface area contributed by atoms with Crippen LogP contribution in [0, 0.1) is 0 Å². The molecule has 0 fully saturated rings. The number of fused-ring (bicyclic) bond motifs is 1. The Hall–Kier alpha value is -2.00. The first kappa shape index (κ1) is 14.0. The van der Waals surface area contributed by atoms with Gasteiger partial charge in [0.25, 0.3) is 0 Å². The second kappa shape index (κ2) is 5.78. The van der Waals surface area contributed by atoms with Crippen molar-refractivity contribution in [2.75, 3.05) is 6.61 Å². The van der Waals surface area contributed by atoms with Crippen LogP contribution in [-0.2, 0) is 7.05 Å². The predicted molar refractivity (Wildman–Crippen MR) is 86.9 cm³/mol. The zero-order valence-electron chi connectivity index (χ0n) is 12.1. The van der Waals surface area contributed by atoms with Crippen LogP contribution in [0.5, 0.6) is 5.75 Å². The number of hydrogen-bond donors (Lipinski definition) is 0. The third-order valence-corrected chi connectivity index (χ3v) is 3.68. The van der Waals surface area contributed by atoms with Gasteiger partial charge >= 0.3 is 0 Å². The Balaban J connectivity index is 2.04. The monoisotopic (exact) mass is 300 g/mol. The van der Waals surface area contributed by atoms with E-state index in [-0.39, 0.29) is 0 Å². The number of aryl methyl sites for hydroxylation is 1. The fourth-order valence-electron chi connectivity index (χ4n) is 2.35. The van der Waals surface area contributed by atoms with Crippen molar-refractivity contribution in [1.82, 2.24) is 9.55 Å². The number of aromatic nitrogens is 2. The number of halogens is 1. The van der Waals surface area contributed by atoms with E-state index in [4.69, 9.17) is 21.3 Å². The molecule has 3 aromatic rings. The summed E-state index contributed by atoms with van der Waals surface area (Å²) in [4.78, 5) is 4.72. The predicted octanol–water partition coefficient (Wildman–Crippen LogP) is 4.68. The Morgan fingerprint density at radius 2 is 1.90 bits per heavy atom. The lowest BCUT2D eigenvalue weighted by Crippen LogP contribution is -1.94. The third-order valence-electron chi connectivity index (χ3n) is 3.43. The maximum absolute atomic E-state index is 5.94. The average molecular weight is 301 g/mol. The van der Waals surface area contributed by atoms with Crippen molar-refractivity contribution in [1.29, 1.82) is 0 Å². The first-order valence-electron chi connectivity index (χ1n) is 7.04. The summed E-state index contributed by atoms with van der Waals surface area (Å²) in [5.74, 6) is 1.79. The van der Waals surface area contributed by atoms with E-state index in [0.29, 0.717) is 0 Å². The molecule has 0 unspecified atom stereocenters. The SMILES string of the molecule is CCCOc1ccc2c(c1)nc(-c1ccc(Cl)cc1)n2C. The van der Waals surface area contributed by atoms with Crippen molar-refractivity contribution in [3.63, 3.8) is 0 Å². The molecule has 21 heavy (non-hydrogen) atoms. The largest absolute Gasteiger partial charge is 0.494 e. The highest BCUT2D eigenvalue weighted by Gasteiger charge is 2.10. The van der Waals surface area contributed by atoms with Gasteiger partial charge in [0.15, 0.2) is 0 Å². The van der Waals surface area contributed by atoms with Crippen LogP contribution < -0.4 is 4.74 Å². The molecule has 0 amide bonds. The Morgan fingerprint density at radius 3 is 2.62 bits per heavy atom. The summed E-state index contributed by atoms with van der Waals surface area (Å²) in [5.41, 5.74) is 3.08. The van der Waals surface area contributed by atoms with E-state index in [1.54, 1.807) is 0 Å². The van der Waals surface area contributed by atoms with Crippen LogP contribution >= 0.6 is 11.6 Å². The first-order valence-corrected chi connectivity index (χ1v) is 7.42. The van der Waals surface area contributed by atoms with Gasteiger partial charge in [0.2, 0.25) is 0 Å². The van der Waals surface area contributed by atoms with Crippen LogP contribution in [-0.4, -0.2) is 16.2 Å². The van der Waals surface area contributed by atoms with E-state index in [0.717, 1.165) is 46.2 Å². The maximum Gasteiger partial charge on any atom is 0.140 e. The number of imidazole rings is 1. The molecule has 0 aliphatic carbocycles. The van der Waals surface area contributed by atoms with Gasteiger partial charge in [-0.25, -0.2) is 4.98 Å². The normalized spacial score (nSPS) is 11.0. The van der Waals surface area contributed by atoms with Crippen molar-refractivity contribution in [3.05, 3.63) is 47.5 Å². The number of rotatable bonds is 4. The summed E-state index contributed by atoms with van der Waals surface area (Å²) in [6, 6.07) is 13.8. The van der Waals surface area contributed by atoms with Crippen molar-refractivity contribution < 1.29 is 4.74 Å². The van der Waals surface area contributed by atoms with Crippen LogP contribution in [0.3, 0.4) is 0 Å². The maximum atomic E-state index is 5.94. The molecule has 108 valence electrons. The zero-order chi connectivity index (χ0) is 14.8. The standard InChI is InChI=1S/C17H17ClN2O/c1-3-10-21-14-8-9-16-15(11-14)19-17(20(16)2)12-4-6-13(18)7-5-12/h4-9,11H,3,10H2,1-2H3. The molecule has 0 atom stereocenters. The summed E-state index contributed by atoms with van der Waals surface area (Å²) in [6.07, 6.45) is 0.996. The van der Waals surface area contributed by atoms with E-state index in [9.17, 15) is 0 Å².